The zero-order valence-electron chi connectivity index (χ0n) is 18.5. The van der Waals surface area contributed by atoms with Gasteiger partial charge in [0.25, 0.3) is 0 Å². The minimum Gasteiger partial charge on any atom is -0.497 e. The monoisotopic (exact) mass is 404 g/mol. The van der Waals surface area contributed by atoms with Crippen LogP contribution >= 0.6 is 0 Å². The molecule has 0 amide bonds. The molecule has 1 saturated heterocycles. The number of imidazole rings is 1. The second-order valence-electron chi connectivity index (χ2n) is 10.4. The predicted molar refractivity (Wildman–Crippen MR) is 122 cm³/mol. The van der Waals surface area contributed by atoms with E-state index >= 15 is 0 Å². The smallest absolute Gasteiger partial charge is 0.137 e. The van der Waals surface area contributed by atoms with Crippen molar-refractivity contribution in [2.75, 3.05) is 19.4 Å². The van der Waals surface area contributed by atoms with Crippen LogP contribution in [0.5, 0.6) is 5.75 Å². The molecule has 0 spiro atoms. The van der Waals surface area contributed by atoms with Crippen LogP contribution in [0.1, 0.15) is 45.7 Å². The van der Waals surface area contributed by atoms with Crippen LogP contribution in [0.2, 0.25) is 0 Å². The summed E-state index contributed by atoms with van der Waals surface area (Å²) in [6.45, 7) is 9.35. The molecule has 5 rings (SSSR count). The predicted octanol–water partition coefficient (Wildman–Crippen LogP) is 4.99. The lowest BCUT2D eigenvalue weighted by Crippen LogP contribution is -2.34. The topological polar surface area (TPSA) is 55.8 Å². The molecule has 2 aromatic heterocycles. The molecule has 2 aliphatic rings. The first-order valence-electron chi connectivity index (χ1n) is 10.9. The fourth-order valence-corrected chi connectivity index (χ4v) is 6.22. The van der Waals surface area contributed by atoms with Gasteiger partial charge in [0.1, 0.15) is 11.4 Å². The number of anilines is 1. The van der Waals surface area contributed by atoms with Gasteiger partial charge in [-0.3, -0.25) is 4.90 Å². The number of benzene rings is 1. The van der Waals surface area contributed by atoms with Gasteiger partial charge in [-0.25, -0.2) is 4.98 Å². The van der Waals surface area contributed by atoms with E-state index in [9.17, 15) is 0 Å². The number of nitrogens with zero attached hydrogens (tertiary/aromatic N) is 3. The molecule has 5 nitrogen and oxygen atoms in total. The number of pyridine rings is 1. The molecule has 1 aliphatic heterocycles. The van der Waals surface area contributed by atoms with Gasteiger partial charge >= 0.3 is 0 Å². The number of hydrogen-bond acceptors (Lipinski definition) is 4. The Kier molecular flexibility index (Phi) is 4.37. The van der Waals surface area contributed by atoms with E-state index in [0.29, 0.717) is 16.9 Å². The van der Waals surface area contributed by atoms with Crippen molar-refractivity contribution in [2.24, 2.45) is 10.8 Å². The van der Waals surface area contributed by atoms with Gasteiger partial charge in [-0.1, -0.05) is 32.9 Å². The number of nitrogens with two attached hydrogens (primary N) is 1. The molecule has 2 unspecified atom stereocenters. The molecule has 3 heterocycles. The van der Waals surface area contributed by atoms with Gasteiger partial charge in [-0.15, -0.1) is 0 Å². The molecule has 5 heteroatoms. The number of fused-ring (bicyclic) bond motifs is 3. The lowest BCUT2D eigenvalue weighted by molar-refractivity contribution is 0.126. The van der Waals surface area contributed by atoms with Crippen molar-refractivity contribution >= 4 is 11.3 Å². The van der Waals surface area contributed by atoms with Gasteiger partial charge in [0.2, 0.25) is 0 Å². The fraction of sp³-hybridized carbons (Fsp3) is 0.480. The van der Waals surface area contributed by atoms with Crippen molar-refractivity contribution in [3.8, 4) is 17.0 Å². The molecular weight excluding hydrogens is 372 g/mol. The third kappa shape index (κ3) is 3.35. The Morgan fingerprint density at radius 3 is 2.80 bits per heavy atom. The molecule has 1 aromatic carbocycles. The van der Waals surface area contributed by atoms with Crippen molar-refractivity contribution in [1.82, 2.24) is 14.3 Å². The van der Waals surface area contributed by atoms with Crippen LogP contribution in [0.4, 0.5) is 5.69 Å². The maximum absolute atomic E-state index is 6.15. The van der Waals surface area contributed by atoms with Crippen LogP contribution < -0.4 is 10.5 Å². The van der Waals surface area contributed by atoms with Crippen LogP contribution in [0.15, 0.2) is 42.6 Å². The molecular formula is C25H32N4O. The average molecular weight is 405 g/mol. The molecule has 3 aromatic rings. The highest BCUT2D eigenvalue weighted by Crippen LogP contribution is 2.53. The van der Waals surface area contributed by atoms with Crippen molar-refractivity contribution in [3.05, 3.63) is 48.3 Å². The lowest BCUT2D eigenvalue weighted by atomic mass is 9.65. The van der Waals surface area contributed by atoms with Gasteiger partial charge in [-0.05, 0) is 54.4 Å². The quantitative estimate of drug-likeness (QED) is 0.665. The normalized spacial score (nSPS) is 25.7. The summed E-state index contributed by atoms with van der Waals surface area (Å²) < 4.78 is 7.65. The standard InChI is InChI=1S/C25H32N4O/c1-24(2)11-19-12-25(3,15-24)16-28(19)14-21-23(17-6-5-7-20(10-17)30-4)27-22-9-8-18(26)13-29(21)22/h5-10,13,19H,11-12,14-16,26H2,1-4H3. The van der Waals surface area contributed by atoms with E-state index in [0.717, 1.165) is 41.4 Å². The Morgan fingerprint density at radius 2 is 2.00 bits per heavy atom. The minimum atomic E-state index is 0.405. The van der Waals surface area contributed by atoms with Gasteiger partial charge in [0.05, 0.1) is 18.5 Å². The first kappa shape index (κ1) is 19.4. The van der Waals surface area contributed by atoms with Gasteiger partial charge < -0.3 is 14.9 Å². The number of aromatic nitrogens is 2. The van der Waals surface area contributed by atoms with Crippen LogP contribution in [-0.4, -0.2) is 34.0 Å². The van der Waals surface area contributed by atoms with Crippen LogP contribution in [-0.2, 0) is 6.54 Å². The molecule has 30 heavy (non-hydrogen) atoms. The van der Waals surface area contributed by atoms with Gasteiger partial charge in [0.15, 0.2) is 0 Å². The molecule has 2 bridgehead atoms. The maximum atomic E-state index is 6.15. The minimum absolute atomic E-state index is 0.405. The van der Waals surface area contributed by atoms with Crippen molar-refractivity contribution in [3.63, 3.8) is 0 Å². The summed E-state index contributed by atoms with van der Waals surface area (Å²) in [6.07, 6.45) is 5.87. The molecule has 0 radical (unpaired) electrons. The van der Waals surface area contributed by atoms with E-state index in [1.807, 2.05) is 30.5 Å². The highest BCUT2D eigenvalue weighted by Gasteiger charge is 2.49. The zero-order valence-corrected chi connectivity index (χ0v) is 18.5. The summed E-state index contributed by atoms with van der Waals surface area (Å²) in [4.78, 5) is 7.68. The third-order valence-corrected chi connectivity index (χ3v) is 6.96. The van der Waals surface area contributed by atoms with E-state index in [-0.39, 0.29) is 0 Å². The van der Waals surface area contributed by atoms with E-state index in [4.69, 9.17) is 15.5 Å². The lowest BCUT2D eigenvalue weighted by Gasteiger charge is -2.40. The zero-order chi connectivity index (χ0) is 21.1. The summed E-state index contributed by atoms with van der Waals surface area (Å²) in [5.41, 5.74) is 12.0. The van der Waals surface area contributed by atoms with Crippen LogP contribution in [0.3, 0.4) is 0 Å². The van der Waals surface area contributed by atoms with Crippen LogP contribution in [0.25, 0.3) is 16.9 Å². The van der Waals surface area contributed by atoms with E-state index in [1.165, 1.54) is 25.0 Å². The van der Waals surface area contributed by atoms with E-state index in [1.54, 1.807) is 7.11 Å². The summed E-state index contributed by atoms with van der Waals surface area (Å²) in [5.74, 6) is 0.848. The number of ether oxygens (including phenoxy) is 1. The Labute approximate surface area is 178 Å². The highest BCUT2D eigenvalue weighted by molar-refractivity contribution is 5.68. The summed E-state index contributed by atoms with van der Waals surface area (Å²) >= 11 is 0. The maximum Gasteiger partial charge on any atom is 0.137 e. The fourth-order valence-electron chi connectivity index (χ4n) is 6.22. The Balaban J connectivity index is 1.59. The second kappa shape index (κ2) is 6.74. The number of likely N-dealkylation sites (tertiary alicyclic amines) is 1. The van der Waals surface area contributed by atoms with Crippen molar-refractivity contribution in [1.29, 1.82) is 0 Å². The SMILES string of the molecule is COc1cccc(-c2nc3ccc(N)cn3c2CN2CC3(C)CC2CC(C)(C)C3)c1. The summed E-state index contributed by atoms with van der Waals surface area (Å²) in [5, 5.41) is 0. The highest BCUT2D eigenvalue weighted by atomic mass is 16.5. The summed E-state index contributed by atoms with van der Waals surface area (Å²) in [6, 6.07) is 12.8. The van der Waals surface area contributed by atoms with E-state index in [2.05, 4.69) is 42.2 Å². The van der Waals surface area contributed by atoms with E-state index < -0.39 is 0 Å². The van der Waals surface area contributed by atoms with Crippen molar-refractivity contribution < 1.29 is 4.74 Å². The Hall–Kier alpha value is -2.53. The molecule has 158 valence electrons. The van der Waals surface area contributed by atoms with Crippen LogP contribution in [0, 0.1) is 10.8 Å². The van der Waals surface area contributed by atoms with Gasteiger partial charge in [-0.2, -0.15) is 0 Å². The Morgan fingerprint density at radius 1 is 1.17 bits per heavy atom. The summed E-state index contributed by atoms with van der Waals surface area (Å²) in [7, 11) is 1.71. The number of hydrogen-bond donors (Lipinski definition) is 1. The molecule has 2 N–H and O–H groups in total. The van der Waals surface area contributed by atoms with Gasteiger partial charge in [0, 0.05) is 36.6 Å². The molecule has 2 atom stereocenters. The second-order valence-corrected chi connectivity index (χ2v) is 10.4. The first-order chi connectivity index (χ1) is 14.3. The number of methoxy groups -OCH3 is 1. The first-order valence-corrected chi connectivity index (χ1v) is 10.9. The molecule has 1 aliphatic carbocycles. The van der Waals surface area contributed by atoms with Crippen molar-refractivity contribution in [2.45, 2.75) is 52.6 Å². The number of rotatable bonds is 4. The Bertz CT molecular complexity index is 1100. The molecule has 2 fully saturated rings. The largest absolute Gasteiger partial charge is 0.497 e. The third-order valence-electron chi connectivity index (χ3n) is 6.96. The molecule has 1 saturated carbocycles. The average Bonchev–Trinajstić information content (AvgIpc) is 3.15. The number of nitrogen functional groups attached to an aromatic ring is 1.